The first-order valence-corrected chi connectivity index (χ1v) is 9.54. The van der Waals surface area contributed by atoms with Crippen LogP contribution in [0.5, 0.6) is 0 Å². The van der Waals surface area contributed by atoms with E-state index in [1.54, 1.807) is 0 Å². The molecule has 0 radical (unpaired) electrons. The molecule has 1 saturated heterocycles. The SMILES string of the molecule is C=C(C(=O)OC1CC(=C)C2CC(O)C(=C)C2C2OC(=O)C(=C)C12)C(C)OC(C)=O. The van der Waals surface area contributed by atoms with Gasteiger partial charge >= 0.3 is 17.9 Å². The summed E-state index contributed by atoms with van der Waals surface area (Å²) in [5, 5.41) is 10.3. The Labute approximate surface area is 169 Å². The van der Waals surface area contributed by atoms with Gasteiger partial charge in [-0.2, -0.15) is 0 Å². The van der Waals surface area contributed by atoms with Crippen molar-refractivity contribution in [3.8, 4) is 0 Å². The predicted molar refractivity (Wildman–Crippen MR) is 103 cm³/mol. The van der Waals surface area contributed by atoms with E-state index in [0.717, 1.165) is 5.57 Å². The van der Waals surface area contributed by atoms with Crippen LogP contribution in [0.25, 0.3) is 0 Å². The van der Waals surface area contributed by atoms with E-state index < -0.39 is 48.2 Å². The molecule has 0 amide bonds. The highest BCUT2D eigenvalue weighted by atomic mass is 16.6. The first-order chi connectivity index (χ1) is 13.5. The molecule has 0 bridgehead atoms. The van der Waals surface area contributed by atoms with Crippen molar-refractivity contribution in [1.82, 2.24) is 0 Å². The van der Waals surface area contributed by atoms with Crippen molar-refractivity contribution in [3.63, 3.8) is 0 Å². The zero-order valence-corrected chi connectivity index (χ0v) is 16.7. The molecule has 0 aromatic rings. The van der Waals surface area contributed by atoms with Crippen LogP contribution in [0, 0.1) is 17.8 Å². The lowest BCUT2D eigenvalue weighted by molar-refractivity contribution is -0.151. The third kappa shape index (κ3) is 3.67. The van der Waals surface area contributed by atoms with Crippen molar-refractivity contribution in [2.24, 2.45) is 17.8 Å². The molecule has 7 nitrogen and oxygen atoms in total. The summed E-state index contributed by atoms with van der Waals surface area (Å²) in [7, 11) is 0. The number of hydrogen-bond donors (Lipinski definition) is 1. The van der Waals surface area contributed by atoms with Gasteiger partial charge < -0.3 is 19.3 Å². The zero-order chi connectivity index (χ0) is 21.6. The summed E-state index contributed by atoms with van der Waals surface area (Å²) in [5.74, 6) is -2.84. The van der Waals surface area contributed by atoms with Crippen LogP contribution in [0.3, 0.4) is 0 Å². The lowest BCUT2D eigenvalue weighted by Gasteiger charge is -2.28. The van der Waals surface area contributed by atoms with Gasteiger partial charge in [-0.25, -0.2) is 9.59 Å². The summed E-state index contributed by atoms with van der Waals surface area (Å²) in [6.07, 6.45) is -2.19. The first kappa shape index (κ1) is 21.0. The maximum absolute atomic E-state index is 12.6. The molecule has 2 saturated carbocycles. The molecule has 7 unspecified atom stereocenters. The molecule has 7 atom stereocenters. The van der Waals surface area contributed by atoms with Crippen LogP contribution in [0.4, 0.5) is 0 Å². The van der Waals surface area contributed by atoms with Crippen molar-refractivity contribution in [3.05, 3.63) is 48.6 Å². The summed E-state index contributed by atoms with van der Waals surface area (Å²) in [5.41, 5.74) is 1.59. The number of ether oxygens (including phenoxy) is 3. The maximum Gasteiger partial charge on any atom is 0.337 e. The van der Waals surface area contributed by atoms with Gasteiger partial charge in [-0.1, -0.05) is 31.9 Å². The van der Waals surface area contributed by atoms with E-state index in [4.69, 9.17) is 14.2 Å². The van der Waals surface area contributed by atoms with E-state index in [2.05, 4.69) is 26.3 Å². The Balaban J connectivity index is 1.87. The summed E-state index contributed by atoms with van der Waals surface area (Å²) in [6, 6.07) is 0. The van der Waals surface area contributed by atoms with Crippen molar-refractivity contribution in [2.75, 3.05) is 0 Å². The van der Waals surface area contributed by atoms with Gasteiger partial charge in [0.05, 0.1) is 17.6 Å². The number of carbonyl (C=O) groups is 3. The molecular formula is C22H26O7. The lowest BCUT2D eigenvalue weighted by Crippen LogP contribution is -2.37. The van der Waals surface area contributed by atoms with Crippen molar-refractivity contribution in [2.45, 2.75) is 51.1 Å². The smallest absolute Gasteiger partial charge is 0.337 e. The molecule has 1 heterocycles. The predicted octanol–water partition coefficient (Wildman–Crippen LogP) is 2.02. The fraction of sp³-hybridized carbons (Fsp3) is 0.500. The minimum atomic E-state index is -0.844. The number of aliphatic hydroxyl groups excluding tert-OH is 1. The van der Waals surface area contributed by atoms with Gasteiger partial charge in [-0.3, -0.25) is 4.79 Å². The lowest BCUT2D eigenvalue weighted by atomic mass is 9.81. The standard InChI is InChI=1S/C22H26O7/c1-9-7-17(28-21(25)10(2)13(5)27-14(6)23)19-12(4)22(26)29-20(19)18-11(3)16(24)8-15(9)18/h13,15-20,24H,1-4,7-8H2,5-6H3. The Kier molecular flexibility index (Phi) is 5.54. The number of carbonyl (C=O) groups excluding carboxylic acids is 3. The van der Waals surface area contributed by atoms with E-state index in [-0.39, 0.29) is 23.0 Å². The number of esters is 3. The molecule has 0 aromatic carbocycles. The summed E-state index contributed by atoms with van der Waals surface area (Å²) in [6.45, 7) is 18.4. The van der Waals surface area contributed by atoms with Gasteiger partial charge in [-0.15, -0.1) is 0 Å². The molecule has 156 valence electrons. The van der Waals surface area contributed by atoms with E-state index in [1.807, 2.05) is 0 Å². The van der Waals surface area contributed by atoms with Crippen LogP contribution < -0.4 is 0 Å². The zero-order valence-electron chi connectivity index (χ0n) is 16.7. The third-order valence-corrected chi connectivity index (χ3v) is 6.12. The Morgan fingerprint density at radius 1 is 1.24 bits per heavy atom. The Bertz CT molecular complexity index is 823. The topological polar surface area (TPSA) is 99.1 Å². The molecule has 0 aromatic heterocycles. The second-order valence-electron chi connectivity index (χ2n) is 7.96. The fourth-order valence-corrected chi connectivity index (χ4v) is 4.57. The monoisotopic (exact) mass is 402 g/mol. The van der Waals surface area contributed by atoms with Crippen LogP contribution >= 0.6 is 0 Å². The van der Waals surface area contributed by atoms with Crippen LogP contribution in [-0.2, 0) is 28.6 Å². The summed E-state index contributed by atoms with van der Waals surface area (Å²) < 4.78 is 16.3. The third-order valence-electron chi connectivity index (χ3n) is 6.12. The molecule has 1 N–H and O–H groups in total. The minimum Gasteiger partial charge on any atom is -0.458 e. The second kappa shape index (κ2) is 7.63. The molecular weight excluding hydrogens is 376 g/mol. The van der Waals surface area contributed by atoms with Gasteiger partial charge in [0.1, 0.15) is 18.3 Å². The van der Waals surface area contributed by atoms with Crippen LogP contribution in [0.2, 0.25) is 0 Å². The second-order valence-corrected chi connectivity index (χ2v) is 7.96. The molecule has 7 heteroatoms. The van der Waals surface area contributed by atoms with Crippen LogP contribution in [0.15, 0.2) is 48.6 Å². The highest BCUT2D eigenvalue weighted by Gasteiger charge is 2.56. The Morgan fingerprint density at radius 2 is 1.90 bits per heavy atom. The van der Waals surface area contributed by atoms with E-state index in [0.29, 0.717) is 18.4 Å². The number of fused-ring (bicyclic) bond motifs is 3. The first-order valence-electron chi connectivity index (χ1n) is 9.54. The van der Waals surface area contributed by atoms with Gasteiger partial charge in [0.15, 0.2) is 0 Å². The number of hydrogen-bond acceptors (Lipinski definition) is 7. The van der Waals surface area contributed by atoms with Crippen LogP contribution in [-0.4, -0.2) is 47.4 Å². The molecule has 0 spiro atoms. The van der Waals surface area contributed by atoms with E-state index in [9.17, 15) is 19.5 Å². The van der Waals surface area contributed by atoms with Gasteiger partial charge in [-0.05, 0) is 24.8 Å². The minimum absolute atomic E-state index is 0.0116. The fourth-order valence-electron chi connectivity index (χ4n) is 4.57. The highest BCUT2D eigenvalue weighted by Crippen LogP contribution is 2.52. The number of aliphatic hydroxyl groups is 1. The molecule has 1 aliphatic heterocycles. The van der Waals surface area contributed by atoms with E-state index >= 15 is 0 Å². The van der Waals surface area contributed by atoms with Crippen molar-refractivity contribution >= 4 is 17.9 Å². The van der Waals surface area contributed by atoms with E-state index in [1.165, 1.54) is 13.8 Å². The molecule has 3 rings (SSSR count). The van der Waals surface area contributed by atoms with Gasteiger partial charge in [0, 0.05) is 24.8 Å². The van der Waals surface area contributed by atoms with Crippen molar-refractivity contribution < 1.29 is 33.7 Å². The van der Waals surface area contributed by atoms with Crippen molar-refractivity contribution in [1.29, 1.82) is 0 Å². The largest absolute Gasteiger partial charge is 0.458 e. The van der Waals surface area contributed by atoms with Crippen LogP contribution in [0.1, 0.15) is 26.7 Å². The average molecular weight is 402 g/mol. The Morgan fingerprint density at radius 3 is 2.52 bits per heavy atom. The highest BCUT2D eigenvalue weighted by molar-refractivity contribution is 5.92. The quantitative estimate of drug-likeness (QED) is 0.332. The molecule has 2 aliphatic carbocycles. The Hall–Kier alpha value is -2.67. The average Bonchev–Trinajstić information content (AvgIpc) is 3.05. The van der Waals surface area contributed by atoms with Gasteiger partial charge in [0.2, 0.25) is 0 Å². The summed E-state index contributed by atoms with van der Waals surface area (Å²) in [4.78, 5) is 36.0. The molecule has 3 fully saturated rings. The normalized spacial score (nSPS) is 34.6. The van der Waals surface area contributed by atoms with Gasteiger partial charge in [0.25, 0.3) is 0 Å². The summed E-state index contributed by atoms with van der Waals surface area (Å²) >= 11 is 0. The number of rotatable bonds is 4. The maximum atomic E-state index is 12.6. The molecule has 3 aliphatic rings. The molecule has 29 heavy (non-hydrogen) atoms.